The molecule has 0 bridgehead atoms. The van der Waals surface area contributed by atoms with Crippen molar-refractivity contribution in [1.29, 1.82) is 0 Å². The zero-order chi connectivity index (χ0) is 8.23. The molecule has 1 aliphatic heterocycles. The van der Waals surface area contributed by atoms with E-state index >= 15 is 0 Å². The van der Waals surface area contributed by atoms with E-state index < -0.39 is 0 Å². The lowest BCUT2D eigenvalue weighted by Crippen LogP contribution is -2.40. The third kappa shape index (κ3) is 1.80. The molecule has 1 aromatic heterocycles. The average molecular weight is 168 g/mol. The topological polar surface area (TPSA) is 52.0 Å². The van der Waals surface area contributed by atoms with Crippen LogP contribution in [0.1, 0.15) is 0 Å². The molecule has 5 nitrogen and oxygen atoms in total. The lowest BCUT2D eigenvalue weighted by atomic mass is 10.3. The summed E-state index contributed by atoms with van der Waals surface area (Å²) >= 11 is 0. The second kappa shape index (κ2) is 3.64. The molecule has 1 N–H and O–H groups in total. The van der Waals surface area contributed by atoms with Gasteiger partial charge in [0.15, 0.2) is 0 Å². The van der Waals surface area contributed by atoms with Crippen LogP contribution in [0.2, 0.25) is 0 Å². The van der Waals surface area contributed by atoms with Crippen LogP contribution in [-0.2, 0) is 11.3 Å². The molecule has 0 aliphatic carbocycles. The fraction of sp³-hybridized carbons (Fsp3) is 0.714. The number of ether oxygens (including phenoxy) is 1. The van der Waals surface area contributed by atoms with E-state index in [0.29, 0.717) is 0 Å². The number of rotatable bonds is 2. The van der Waals surface area contributed by atoms with Crippen molar-refractivity contribution in [2.24, 2.45) is 0 Å². The normalized spacial score (nSPS) is 24.2. The van der Waals surface area contributed by atoms with Crippen LogP contribution in [0.4, 0.5) is 0 Å². The first kappa shape index (κ1) is 7.70. The van der Waals surface area contributed by atoms with E-state index in [4.69, 9.17) is 4.74 Å². The minimum absolute atomic E-state index is 0.237. The van der Waals surface area contributed by atoms with Crippen LogP contribution in [0.25, 0.3) is 0 Å². The van der Waals surface area contributed by atoms with Crippen molar-refractivity contribution in [3.8, 4) is 0 Å². The third-order valence-corrected chi connectivity index (χ3v) is 1.87. The second-order valence-electron chi connectivity index (χ2n) is 2.82. The first-order valence-corrected chi connectivity index (χ1v) is 4.11. The number of nitrogens with zero attached hydrogens (tertiary/aromatic N) is 3. The molecule has 0 amide bonds. The molecule has 0 radical (unpaired) electrons. The zero-order valence-electron chi connectivity index (χ0n) is 6.81. The fourth-order valence-corrected chi connectivity index (χ4v) is 1.28. The Bertz CT molecular complexity index is 217. The summed E-state index contributed by atoms with van der Waals surface area (Å²) in [5, 5.41) is 10.9. The van der Waals surface area contributed by atoms with Gasteiger partial charge in [-0.05, 0) is 0 Å². The SMILES string of the molecule is c1cn(C[C@@H]2CNCCO2)nn1. The smallest absolute Gasteiger partial charge is 0.0896 e. The number of aromatic nitrogens is 3. The predicted octanol–water partition coefficient (Wildman–Crippen LogP) is -0.733. The summed E-state index contributed by atoms with van der Waals surface area (Å²) in [6, 6.07) is 0. The maximum absolute atomic E-state index is 5.50. The van der Waals surface area contributed by atoms with Crippen LogP contribution in [0.15, 0.2) is 12.4 Å². The summed E-state index contributed by atoms with van der Waals surface area (Å²) in [5.41, 5.74) is 0. The fourth-order valence-electron chi connectivity index (χ4n) is 1.28. The molecular weight excluding hydrogens is 156 g/mol. The molecule has 1 aliphatic rings. The number of morpholine rings is 1. The maximum atomic E-state index is 5.50. The van der Waals surface area contributed by atoms with Crippen molar-refractivity contribution in [2.45, 2.75) is 12.6 Å². The van der Waals surface area contributed by atoms with Gasteiger partial charge in [0, 0.05) is 19.3 Å². The minimum atomic E-state index is 0.237. The summed E-state index contributed by atoms with van der Waals surface area (Å²) in [5.74, 6) is 0. The summed E-state index contributed by atoms with van der Waals surface area (Å²) in [7, 11) is 0. The van der Waals surface area contributed by atoms with Gasteiger partial charge in [-0.3, -0.25) is 0 Å². The van der Waals surface area contributed by atoms with Crippen molar-refractivity contribution in [1.82, 2.24) is 20.3 Å². The van der Waals surface area contributed by atoms with Gasteiger partial charge in [0.2, 0.25) is 0 Å². The van der Waals surface area contributed by atoms with Gasteiger partial charge in [-0.2, -0.15) is 0 Å². The quantitative estimate of drug-likeness (QED) is 0.632. The van der Waals surface area contributed by atoms with E-state index in [2.05, 4.69) is 15.6 Å². The van der Waals surface area contributed by atoms with Crippen LogP contribution in [0, 0.1) is 0 Å². The Kier molecular flexibility index (Phi) is 2.33. The molecular formula is C7H12N4O. The molecule has 1 atom stereocenters. The maximum Gasteiger partial charge on any atom is 0.0896 e. The molecule has 12 heavy (non-hydrogen) atoms. The van der Waals surface area contributed by atoms with Gasteiger partial charge in [-0.1, -0.05) is 5.21 Å². The summed E-state index contributed by atoms with van der Waals surface area (Å²) in [6.45, 7) is 3.43. The molecule has 0 aromatic carbocycles. The highest BCUT2D eigenvalue weighted by Crippen LogP contribution is 1.98. The Morgan fingerprint density at radius 3 is 3.33 bits per heavy atom. The van der Waals surface area contributed by atoms with Crippen LogP contribution in [0.3, 0.4) is 0 Å². The van der Waals surface area contributed by atoms with Gasteiger partial charge < -0.3 is 10.1 Å². The Hall–Kier alpha value is -0.940. The van der Waals surface area contributed by atoms with Crippen molar-refractivity contribution >= 4 is 0 Å². The van der Waals surface area contributed by atoms with Gasteiger partial charge in [0.25, 0.3) is 0 Å². The first-order valence-electron chi connectivity index (χ1n) is 4.11. The molecule has 1 saturated heterocycles. The number of nitrogens with one attached hydrogen (secondary N) is 1. The summed E-state index contributed by atoms with van der Waals surface area (Å²) in [6.07, 6.45) is 3.76. The van der Waals surface area contributed by atoms with E-state index in [1.165, 1.54) is 0 Å². The molecule has 2 heterocycles. The largest absolute Gasteiger partial charge is 0.374 e. The van der Waals surface area contributed by atoms with Gasteiger partial charge >= 0.3 is 0 Å². The Morgan fingerprint density at radius 2 is 2.67 bits per heavy atom. The van der Waals surface area contributed by atoms with E-state index in [1.807, 2.05) is 6.20 Å². The second-order valence-corrected chi connectivity index (χ2v) is 2.82. The lowest BCUT2D eigenvalue weighted by Gasteiger charge is -2.23. The standard InChI is InChI=1S/C7H12N4O/c1-3-11(10-9-1)6-7-5-8-2-4-12-7/h1,3,7-8H,2,4-6H2/t7-/m0/s1. The Balaban J connectivity index is 1.86. The predicted molar refractivity (Wildman–Crippen MR) is 42.6 cm³/mol. The highest BCUT2D eigenvalue weighted by molar-refractivity contribution is 4.70. The van der Waals surface area contributed by atoms with Crippen LogP contribution >= 0.6 is 0 Å². The van der Waals surface area contributed by atoms with Crippen molar-refractivity contribution in [3.63, 3.8) is 0 Å². The Morgan fingerprint density at radius 1 is 1.67 bits per heavy atom. The van der Waals surface area contributed by atoms with Crippen molar-refractivity contribution in [3.05, 3.63) is 12.4 Å². The average Bonchev–Trinajstić information content (AvgIpc) is 2.59. The van der Waals surface area contributed by atoms with Crippen LogP contribution < -0.4 is 5.32 Å². The minimum Gasteiger partial charge on any atom is -0.374 e. The number of hydrogen-bond donors (Lipinski definition) is 1. The van der Waals surface area contributed by atoms with E-state index in [-0.39, 0.29) is 6.10 Å². The van der Waals surface area contributed by atoms with E-state index in [1.54, 1.807) is 10.9 Å². The molecule has 5 heteroatoms. The highest BCUT2D eigenvalue weighted by Gasteiger charge is 2.13. The van der Waals surface area contributed by atoms with Gasteiger partial charge in [0.05, 0.1) is 25.5 Å². The molecule has 0 unspecified atom stereocenters. The lowest BCUT2D eigenvalue weighted by molar-refractivity contribution is 0.0158. The Labute approximate surface area is 70.7 Å². The third-order valence-electron chi connectivity index (χ3n) is 1.87. The van der Waals surface area contributed by atoms with Gasteiger partial charge in [0.1, 0.15) is 0 Å². The molecule has 0 saturated carbocycles. The molecule has 1 aromatic rings. The van der Waals surface area contributed by atoms with Gasteiger partial charge in [-0.15, -0.1) is 5.10 Å². The van der Waals surface area contributed by atoms with E-state index in [0.717, 1.165) is 26.2 Å². The highest BCUT2D eigenvalue weighted by atomic mass is 16.5. The molecule has 1 fully saturated rings. The molecule has 66 valence electrons. The van der Waals surface area contributed by atoms with Gasteiger partial charge in [-0.25, -0.2) is 4.68 Å². The monoisotopic (exact) mass is 168 g/mol. The summed E-state index contributed by atoms with van der Waals surface area (Å²) in [4.78, 5) is 0. The van der Waals surface area contributed by atoms with Crippen molar-refractivity contribution in [2.75, 3.05) is 19.7 Å². The van der Waals surface area contributed by atoms with E-state index in [9.17, 15) is 0 Å². The summed E-state index contributed by atoms with van der Waals surface area (Å²) < 4.78 is 7.29. The first-order chi connectivity index (χ1) is 5.95. The zero-order valence-corrected chi connectivity index (χ0v) is 6.81. The van der Waals surface area contributed by atoms with Crippen LogP contribution in [-0.4, -0.2) is 40.8 Å². The molecule has 0 spiro atoms. The van der Waals surface area contributed by atoms with Crippen LogP contribution in [0.5, 0.6) is 0 Å². The molecule has 2 rings (SSSR count). The van der Waals surface area contributed by atoms with Crippen molar-refractivity contribution < 1.29 is 4.74 Å². The number of hydrogen-bond acceptors (Lipinski definition) is 4.